The molecule has 188 valence electrons. The molecule has 0 aliphatic carbocycles. The van der Waals surface area contributed by atoms with Crippen LogP contribution in [0.5, 0.6) is 11.5 Å². The number of benzene rings is 2. The molecule has 0 atom stereocenters. The molecule has 0 amide bonds. The fraction of sp³-hybridized carbons (Fsp3) is 0.429. The van der Waals surface area contributed by atoms with Crippen LogP contribution in [0.1, 0.15) is 48.9 Å². The Bertz CT molecular complexity index is 1370. The van der Waals surface area contributed by atoms with Crippen LogP contribution in [-0.4, -0.2) is 23.4 Å². The maximum absolute atomic E-state index is 13.7. The Labute approximate surface area is 213 Å². The molecule has 6 nitrogen and oxygen atoms in total. The SMILES string of the molecule is CCC1(CC)Cn2c(c/c(=N/c3c(C)cc(C)cc3C)n(C)c2=O)-c2cc(OC)c(OC)cc21.Cl. The molecule has 2 heterocycles. The normalized spacial score (nSPS) is 14.1. The Hall–Kier alpha value is -2.99. The third kappa shape index (κ3) is 4.29. The molecular weight excluding hydrogens is 462 g/mol. The van der Waals surface area contributed by atoms with E-state index in [1.807, 2.05) is 16.7 Å². The van der Waals surface area contributed by atoms with Gasteiger partial charge in [-0.1, -0.05) is 31.5 Å². The Balaban J connectivity index is 0.00000342. The van der Waals surface area contributed by atoms with Crippen molar-refractivity contribution >= 4 is 18.1 Å². The van der Waals surface area contributed by atoms with Crippen LogP contribution in [0.2, 0.25) is 0 Å². The lowest BCUT2D eigenvalue weighted by Gasteiger charge is -2.40. The van der Waals surface area contributed by atoms with Crippen molar-refractivity contribution in [1.29, 1.82) is 0 Å². The lowest BCUT2D eigenvalue weighted by atomic mass is 9.71. The third-order valence-corrected chi connectivity index (χ3v) is 7.47. The maximum Gasteiger partial charge on any atom is 0.329 e. The Morgan fingerprint density at radius 1 is 0.943 bits per heavy atom. The van der Waals surface area contributed by atoms with Gasteiger partial charge in [-0.15, -0.1) is 12.4 Å². The highest BCUT2D eigenvalue weighted by Gasteiger charge is 2.38. The molecular formula is C28H36ClN3O3. The number of fused-ring (bicyclic) bond motifs is 3. The minimum atomic E-state index is -0.165. The highest BCUT2D eigenvalue weighted by molar-refractivity contribution is 5.85. The fourth-order valence-electron chi connectivity index (χ4n) is 5.40. The molecule has 2 aromatic carbocycles. The van der Waals surface area contributed by atoms with Crippen molar-refractivity contribution in [2.75, 3.05) is 14.2 Å². The number of aromatic nitrogens is 2. The van der Waals surface area contributed by atoms with E-state index in [0.29, 0.717) is 23.5 Å². The number of methoxy groups -OCH3 is 2. The number of aryl methyl sites for hydroxylation is 3. The lowest BCUT2D eigenvalue weighted by Crippen LogP contribution is -2.46. The van der Waals surface area contributed by atoms with Crippen LogP contribution in [0.25, 0.3) is 11.3 Å². The van der Waals surface area contributed by atoms with Crippen LogP contribution in [0.4, 0.5) is 5.69 Å². The van der Waals surface area contributed by atoms with Crippen LogP contribution < -0.4 is 20.7 Å². The number of halogens is 1. The van der Waals surface area contributed by atoms with Gasteiger partial charge in [-0.2, -0.15) is 0 Å². The van der Waals surface area contributed by atoms with E-state index in [9.17, 15) is 4.79 Å². The summed E-state index contributed by atoms with van der Waals surface area (Å²) in [5.41, 5.74) is 7.75. The summed E-state index contributed by atoms with van der Waals surface area (Å²) in [4.78, 5) is 18.6. The molecule has 35 heavy (non-hydrogen) atoms. The molecule has 0 spiro atoms. The van der Waals surface area contributed by atoms with Crippen LogP contribution in [0.15, 0.2) is 40.1 Å². The average Bonchev–Trinajstić information content (AvgIpc) is 2.83. The first-order chi connectivity index (χ1) is 16.2. The number of ether oxygens (including phenoxy) is 2. The molecule has 0 fully saturated rings. The molecule has 0 saturated heterocycles. The van der Waals surface area contributed by atoms with Gasteiger partial charge in [0.05, 0.1) is 25.6 Å². The molecule has 4 rings (SSSR count). The second-order valence-corrected chi connectivity index (χ2v) is 9.41. The van der Waals surface area contributed by atoms with Gasteiger partial charge in [0, 0.05) is 30.6 Å². The number of nitrogens with zero attached hydrogens (tertiary/aromatic N) is 3. The Kier molecular flexibility index (Phi) is 7.56. The first kappa shape index (κ1) is 26.6. The van der Waals surface area contributed by atoms with E-state index >= 15 is 0 Å². The van der Waals surface area contributed by atoms with E-state index in [1.165, 1.54) is 11.1 Å². The summed E-state index contributed by atoms with van der Waals surface area (Å²) in [5.74, 6) is 1.36. The van der Waals surface area contributed by atoms with Crippen molar-refractivity contribution in [1.82, 2.24) is 9.13 Å². The highest BCUT2D eigenvalue weighted by atomic mass is 35.5. The van der Waals surface area contributed by atoms with E-state index in [4.69, 9.17) is 14.5 Å². The highest BCUT2D eigenvalue weighted by Crippen LogP contribution is 2.47. The number of rotatable bonds is 5. The molecule has 0 bridgehead atoms. The first-order valence-corrected chi connectivity index (χ1v) is 11.9. The minimum Gasteiger partial charge on any atom is -0.493 e. The van der Waals surface area contributed by atoms with Gasteiger partial charge < -0.3 is 9.47 Å². The molecule has 0 unspecified atom stereocenters. The van der Waals surface area contributed by atoms with Gasteiger partial charge in [-0.05, 0) is 62.4 Å². The zero-order chi connectivity index (χ0) is 24.8. The van der Waals surface area contributed by atoms with Gasteiger partial charge in [0.1, 0.15) is 5.49 Å². The van der Waals surface area contributed by atoms with E-state index in [1.54, 1.807) is 25.8 Å². The summed E-state index contributed by atoms with van der Waals surface area (Å²) < 4.78 is 14.8. The molecule has 0 radical (unpaired) electrons. The maximum atomic E-state index is 13.7. The van der Waals surface area contributed by atoms with Crippen molar-refractivity contribution in [3.63, 3.8) is 0 Å². The summed E-state index contributed by atoms with van der Waals surface area (Å²) in [6.45, 7) is 11.2. The third-order valence-electron chi connectivity index (χ3n) is 7.47. The molecule has 1 aliphatic rings. The van der Waals surface area contributed by atoms with E-state index in [2.05, 4.69) is 52.8 Å². The summed E-state index contributed by atoms with van der Waals surface area (Å²) in [5, 5.41) is 0. The van der Waals surface area contributed by atoms with Gasteiger partial charge in [-0.3, -0.25) is 9.13 Å². The summed E-state index contributed by atoms with van der Waals surface area (Å²) in [6, 6.07) is 10.4. The second-order valence-electron chi connectivity index (χ2n) is 9.41. The quantitative estimate of drug-likeness (QED) is 0.466. The molecule has 7 heteroatoms. The lowest BCUT2D eigenvalue weighted by molar-refractivity contribution is 0.313. The van der Waals surface area contributed by atoms with Crippen molar-refractivity contribution in [3.8, 4) is 22.8 Å². The first-order valence-electron chi connectivity index (χ1n) is 11.9. The van der Waals surface area contributed by atoms with Crippen LogP contribution in [0, 0.1) is 20.8 Å². The average molecular weight is 498 g/mol. The summed E-state index contributed by atoms with van der Waals surface area (Å²) in [7, 11) is 5.10. The number of hydrogen-bond acceptors (Lipinski definition) is 4. The summed E-state index contributed by atoms with van der Waals surface area (Å²) in [6.07, 6.45) is 1.82. The van der Waals surface area contributed by atoms with Crippen molar-refractivity contribution in [2.45, 2.75) is 59.4 Å². The Morgan fingerprint density at radius 3 is 2.06 bits per heavy atom. The monoisotopic (exact) mass is 497 g/mol. The fourth-order valence-corrected chi connectivity index (χ4v) is 5.40. The van der Waals surface area contributed by atoms with E-state index in [-0.39, 0.29) is 23.5 Å². The minimum absolute atomic E-state index is 0. The second kappa shape index (κ2) is 9.94. The molecule has 0 N–H and O–H groups in total. The van der Waals surface area contributed by atoms with E-state index < -0.39 is 0 Å². The number of hydrogen-bond donors (Lipinski definition) is 0. The zero-order valence-corrected chi connectivity index (χ0v) is 22.8. The van der Waals surface area contributed by atoms with Gasteiger partial charge in [0.25, 0.3) is 0 Å². The predicted octanol–water partition coefficient (Wildman–Crippen LogP) is 5.52. The van der Waals surface area contributed by atoms with Gasteiger partial charge in [-0.25, -0.2) is 9.79 Å². The predicted molar refractivity (Wildman–Crippen MR) is 144 cm³/mol. The van der Waals surface area contributed by atoms with Crippen molar-refractivity contribution in [3.05, 3.63) is 68.6 Å². The van der Waals surface area contributed by atoms with Crippen molar-refractivity contribution < 1.29 is 9.47 Å². The van der Waals surface area contributed by atoms with Gasteiger partial charge in [0.15, 0.2) is 11.5 Å². The van der Waals surface area contributed by atoms with Crippen LogP contribution in [0.3, 0.4) is 0 Å². The zero-order valence-electron chi connectivity index (χ0n) is 22.0. The molecule has 1 aromatic heterocycles. The molecule has 0 saturated carbocycles. The van der Waals surface area contributed by atoms with E-state index in [0.717, 1.165) is 40.9 Å². The largest absolute Gasteiger partial charge is 0.493 e. The van der Waals surface area contributed by atoms with Crippen molar-refractivity contribution in [2.24, 2.45) is 12.0 Å². The van der Waals surface area contributed by atoms with Crippen LogP contribution >= 0.6 is 12.4 Å². The standard InChI is InChI=1S/C28H35N3O3.ClH/c1-9-28(10-2)16-31-22(20-13-23(33-7)24(34-8)14-21(20)28)15-25(30(6)27(31)32)29-26-18(4)11-17(3)12-19(26)5;/h11-15H,9-10,16H2,1-8H3;1H/b29-25-;. The summed E-state index contributed by atoms with van der Waals surface area (Å²) >= 11 is 0. The van der Waals surface area contributed by atoms with Gasteiger partial charge >= 0.3 is 5.69 Å². The topological polar surface area (TPSA) is 57.8 Å². The molecule has 3 aromatic rings. The smallest absolute Gasteiger partial charge is 0.329 e. The van der Waals surface area contributed by atoms with Crippen LogP contribution in [-0.2, 0) is 19.0 Å². The van der Waals surface area contributed by atoms with Gasteiger partial charge in [0.2, 0.25) is 0 Å². The Morgan fingerprint density at radius 2 is 1.51 bits per heavy atom. The molecule has 1 aliphatic heterocycles.